The third-order valence-corrected chi connectivity index (χ3v) is 4.26. The number of hydrogen-bond acceptors (Lipinski definition) is 2. The Morgan fingerprint density at radius 3 is 2.70 bits per heavy atom. The predicted octanol–water partition coefficient (Wildman–Crippen LogP) is 2.83. The number of rotatable bonds is 0. The molecule has 20 heavy (non-hydrogen) atoms. The van der Waals surface area contributed by atoms with Gasteiger partial charge in [-0.05, 0) is 42.7 Å². The van der Waals surface area contributed by atoms with Crippen molar-refractivity contribution in [1.29, 1.82) is 0 Å². The molecule has 0 radical (unpaired) electrons. The summed E-state index contributed by atoms with van der Waals surface area (Å²) in [4.78, 5) is 9.52. The van der Waals surface area contributed by atoms with E-state index < -0.39 is 0 Å². The monoisotopic (exact) mass is 256 g/mol. The third-order valence-electron chi connectivity index (χ3n) is 4.26. The van der Waals surface area contributed by atoms with Gasteiger partial charge in [-0.3, -0.25) is 0 Å². The standard InChI is InChI=1S/C18H12N2/c1-3-7-15-11(5-1)13-9-18-14(10-17(13)19-15)12-6-2-4-8-16(12)20-18/h1,3-5,7-10H,2,6H2. The Balaban J connectivity index is 1.95. The van der Waals surface area contributed by atoms with Crippen molar-refractivity contribution < 1.29 is 0 Å². The van der Waals surface area contributed by atoms with E-state index in [-0.39, 0.29) is 0 Å². The van der Waals surface area contributed by atoms with Gasteiger partial charge in [0.2, 0.25) is 0 Å². The lowest BCUT2D eigenvalue weighted by molar-refractivity contribution is 1.07. The normalized spacial score (nSPS) is 17.0. The van der Waals surface area contributed by atoms with Crippen molar-refractivity contribution in [2.45, 2.75) is 12.8 Å². The zero-order chi connectivity index (χ0) is 13.1. The molecule has 0 unspecified atom stereocenters. The van der Waals surface area contributed by atoms with Crippen LogP contribution in [0.1, 0.15) is 12.8 Å². The Bertz CT molecular complexity index is 1040. The van der Waals surface area contributed by atoms with Gasteiger partial charge in [0.05, 0.1) is 22.4 Å². The number of benzene rings is 2. The summed E-state index contributed by atoms with van der Waals surface area (Å²) >= 11 is 0. The quantitative estimate of drug-likeness (QED) is 0.591. The molecule has 0 fully saturated rings. The Hall–Kier alpha value is -2.48. The zero-order valence-electron chi connectivity index (χ0n) is 10.9. The molecule has 5 rings (SSSR count). The minimum absolute atomic E-state index is 1.07. The molecule has 0 atom stereocenters. The van der Waals surface area contributed by atoms with E-state index in [1.54, 1.807) is 0 Å². The number of allylic oxidation sites excluding steroid dienone is 2. The maximum absolute atomic E-state index is 4.78. The van der Waals surface area contributed by atoms with Crippen molar-refractivity contribution in [2.24, 2.45) is 9.98 Å². The molecule has 2 aromatic rings. The van der Waals surface area contributed by atoms with Gasteiger partial charge < -0.3 is 0 Å². The highest BCUT2D eigenvalue weighted by molar-refractivity contribution is 6.28. The molecule has 2 aromatic carbocycles. The fraction of sp³-hybridized carbons (Fsp3) is 0.111. The van der Waals surface area contributed by atoms with Gasteiger partial charge in [-0.2, -0.15) is 0 Å². The van der Waals surface area contributed by atoms with Crippen molar-refractivity contribution in [1.82, 2.24) is 0 Å². The van der Waals surface area contributed by atoms with Gasteiger partial charge in [-0.1, -0.05) is 24.3 Å². The molecule has 1 aliphatic carbocycles. The van der Waals surface area contributed by atoms with E-state index >= 15 is 0 Å². The van der Waals surface area contributed by atoms with Crippen LogP contribution in [0.3, 0.4) is 0 Å². The summed E-state index contributed by atoms with van der Waals surface area (Å²) in [6.45, 7) is 0. The SMILES string of the molecule is C1=CC2=Nc3cc4c(cc3=C2CC1)N=c1ccccc1=4. The maximum atomic E-state index is 4.78. The van der Waals surface area contributed by atoms with Crippen molar-refractivity contribution in [2.75, 3.05) is 0 Å². The van der Waals surface area contributed by atoms with Crippen LogP contribution < -0.4 is 10.6 Å². The summed E-state index contributed by atoms with van der Waals surface area (Å²) in [5, 5.41) is 4.79. The van der Waals surface area contributed by atoms with E-state index in [1.807, 2.05) is 6.07 Å². The van der Waals surface area contributed by atoms with Gasteiger partial charge in [0.1, 0.15) is 0 Å². The van der Waals surface area contributed by atoms with Crippen LogP contribution in [0.25, 0.3) is 5.57 Å². The lowest BCUT2D eigenvalue weighted by Crippen LogP contribution is -2.08. The average Bonchev–Trinajstić information content (AvgIpc) is 3.02. The highest BCUT2D eigenvalue weighted by atomic mass is 14.8. The average molecular weight is 256 g/mol. The van der Waals surface area contributed by atoms with Gasteiger partial charge in [-0.15, -0.1) is 0 Å². The minimum atomic E-state index is 1.07. The van der Waals surface area contributed by atoms with E-state index in [2.05, 4.69) is 42.5 Å². The van der Waals surface area contributed by atoms with Crippen molar-refractivity contribution in [3.8, 4) is 0 Å². The van der Waals surface area contributed by atoms with E-state index in [0.717, 1.165) is 35.3 Å². The molecule has 0 aromatic heterocycles. The first-order valence-corrected chi connectivity index (χ1v) is 7.01. The molecule has 3 aliphatic rings. The van der Waals surface area contributed by atoms with Crippen LogP contribution >= 0.6 is 0 Å². The molecular formula is C18H12N2. The Labute approximate surface area is 115 Å². The van der Waals surface area contributed by atoms with Crippen LogP contribution in [0.5, 0.6) is 0 Å². The van der Waals surface area contributed by atoms with Crippen LogP contribution in [0.4, 0.5) is 11.4 Å². The first kappa shape index (κ1) is 10.3. The van der Waals surface area contributed by atoms with E-state index in [1.165, 1.54) is 21.2 Å². The predicted molar refractivity (Wildman–Crippen MR) is 79.9 cm³/mol. The number of fused-ring (bicyclic) bond motifs is 4. The van der Waals surface area contributed by atoms with Crippen LogP contribution in [-0.4, -0.2) is 5.71 Å². The van der Waals surface area contributed by atoms with Crippen LogP contribution in [0.15, 0.2) is 58.5 Å². The Morgan fingerprint density at radius 1 is 0.850 bits per heavy atom. The van der Waals surface area contributed by atoms with Gasteiger partial charge in [0.15, 0.2) is 0 Å². The molecule has 0 saturated heterocycles. The molecule has 94 valence electrons. The van der Waals surface area contributed by atoms with Crippen molar-refractivity contribution in [3.05, 3.63) is 69.6 Å². The number of nitrogens with zero attached hydrogens (tertiary/aromatic N) is 2. The molecule has 0 amide bonds. The van der Waals surface area contributed by atoms with Crippen LogP contribution in [-0.2, 0) is 0 Å². The van der Waals surface area contributed by atoms with Gasteiger partial charge in [0, 0.05) is 15.7 Å². The van der Waals surface area contributed by atoms with Gasteiger partial charge in [-0.25, -0.2) is 9.98 Å². The summed E-state index contributed by atoms with van der Waals surface area (Å²) < 4.78 is 0. The van der Waals surface area contributed by atoms with E-state index in [4.69, 9.17) is 9.98 Å². The van der Waals surface area contributed by atoms with E-state index in [9.17, 15) is 0 Å². The molecule has 2 aliphatic heterocycles. The second kappa shape index (κ2) is 3.54. The minimum Gasteiger partial charge on any atom is -0.248 e. The number of para-hydroxylation sites is 1. The summed E-state index contributed by atoms with van der Waals surface area (Å²) in [6.07, 6.45) is 6.56. The molecule has 0 bridgehead atoms. The highest BCUT2D eigenvalue weighted by Crippen LogP contribution is 2.28. The maximum Gasteiger partial charge on any atom is 0.0723 e. The van der Waals surface area contributed by atoms with Crippen LogP contribution in [0, 0.1) is 10.4 Å². The fourth-order valence-corrected chi connectivity index (χ4v) is 3.31. The second-order valence-corrected chi connectivity index (χ2v) is 5.43. The highest BCUT2D eigenvalue weighted by Gasteiger charge is 2.18. The molecule has 2 nitrogen and oxygen atoms in total. The smallest absolute Gasteiger partial charge is 0.0723 e. The van der Waals surface area contributed by atoms with E-state index in [0.29, 0.717) is 0 Å². The van der Waals surface area contributed by atoms with Crippen molar-refractivity contribution >= 4 is 22.7 Å². The first-order chi connectivity index (χ1) is 9.90. The topological polar surface area (TPSA) is 24.7 Å². The Kier molecular flexibility index (Phi) is 1.83. The summed E-state index contributed by atoms with van der Waals surface area (Å²) in [5.74, 6) is 0. The third kappa shape index (κ3) is 1.23. The molecule has 0 N–H and O–H groups in total. The lowest BCUT2D eigenvalue weighted by atomic mass is 9.98. The number of aliphatic imine (C=N–C) groups is 1. The fourth-order valence-electron chi connectivity index (χ4n) is 3.31. The summed E-state index contributed by atoms with van der Waals surface area (Å²) in [6, 6.07) is 12.7. The largest absolute Gasteiger partial charge is 0.248 e. The molecule has 2 heteroatoms. The first-order valence-electron chi connectivity index (χ1n) is 7.01. The Morgan fingerprint density at radius 2 is 1.70 bits per heavy atom. The van der Waals surface area contributed by atoms with Gasteiger partial charge >= 0.3 is 0 Å². The summed E-state index contributed by atoms with van der Waals surface area (Å²) in [7, 11) is 0. The van der Waals surface area contributed by atoms with Gasteiger partial charge in [0.25, 0.3) is 0 Å². The molecular weight excluding hydrogens is 244 g/mol. The second-order valence-electron chi connectivity index (χ2n) is 5.43. The molecule has 0 spiro atoms. The zero-order valence-corrected chi connectivity index (χ0v) is 10.9. The van der Waals surface area contributed by atoms with Crippen molar-refractivity contribution in [3.63, 3.8) is 0 Å². The lowest BCUT2D eigenvalue weighted by Gasteiger charge is -2.06. The molecule has 0 saturated carbocycles. The summed E-state index contributed by atoms with van der Waals surface area (Å²) in [5.41, 5.74) is 4.72. The number of hydrogen-bond donors (Lipinski definition) is 0. The molecule has 2 heterocycles. The van der Waals surface area contributed by atoms with Crippen LogP contribution in [0.2, 0.25) is 0 Å².